The van der Waals surface area contributed by atoms with Crippen LogP contribution in [0.15, 0.2) is 53.0 Å². The van der Waals surface area contributed by atoms with Gasteiger partial charge in [0.15, 0.2) is 0 Å². The zero-order chi connectivity index (χ0) is 16.2. The van der Waals surface area contributed by atoms with Gasteiger partial charge in [0.25, 0.3) is 0 Å². The maximum atomic E-state index is 6.26. The summed E-state index contributed by atoms with van der Waals surface area (Å²) in [5.74, 6) is 2.47. The number of fused-ring (bicyclic) bond motifs is 1. The van der Waals surface area contributed by atoms with E-state index in [4.69, 9.17) is 10.5 Å². The molecule has 2 aromatic carbocycles. The van der Waals surface area contributed by atoms with Crippen LogP contribution in [0.2, 0.25) is 0 Å². The summed E-state index contributed by atoms with van der Waals surface area (Å²) in [6, 6.07) is 16.8. The van der Waals surface area contributed by atoms with E-state index in [-0.39, 0.29) is 6.10 Å². The predicted molar refractivity (Wildman–Crippen MR) is 97.6 cm³/mol. The molecule has 0 radical (unpaired) electrons. The Morgan fingerprint density at radius 3 is 2.78 bits per heavy atom. The first-order valence-corrected chi connectivity index (χ1v) is 9.92. The summed E-state index contributed by atoms with van der Waals surface area (Å²) in [5, 5.41) is 0. The summed E-state index contributed by atoms with van der Waals surface area (Å²) < 4.78 is 8.11. The third kappa shape index (κ3) is 4.49. The Morgan fingerprint density at radius 2 is 2.04 bits per heavy atom. The molecular formula is C18H18BrMnNOS. The molecule has 2 aromatic rings. The van der Waals surface area contributed by atoms with Crippen molar-refractivity contribution in [2.75, 3.05) is 5.75 Å². The summed E-state index contributed by atoms with van der Waals surface area (Å²) in [5.41, 5.74) is 8.24. The molecule has 0 amide bonds. The van der Waals surface area contributed by atoms with Gasteiger partial charge in [-0.05, 0) is 0 Å². The second-order valence-corrected chi connectivity index (χ2v) is 8.64. The number of thioether (sulfide) groups is 1. The fourth-order valence-corrected chi connectivity index (χ4v) is 4.31. The molecular weight excluding hydrogens is 413 g/mol. The minimum absolute atomic E-state index is 0.116. The molecule has 23 heavy (non-hydrogen) atoms. The van der Waals surface area contributed by atoms with Crippen LogP contribution in [0, 0.1) is 0 Å². The van der Waals surface area contributed by atoms with Crippen molar-refractivity contribution < 1.29 is 20.3 Å². The number of ether oxygens (including phenoxy) is 1. The Morgan fingerprint density at radius 1 is 1.26 bits per heavy atom. The van der Waals surface area contributed by atoms with E-state index < -0.39 is 0 Å². The molecule has 1 heterocycles. The summed E-state index contributed by atoms with van der Waals surface area (Å²) in [4.78, 5) is 0. The van der Waals surface area contributed by atoms with Gasteiger partial charge >= 0.3 is 158 Å². The van der Waals surface area contributed by atoms with E-state index in [9.17, 15) is 0 Å². The van der Waals surface area contributed by atoms with Crippen LogP contribution in [0.5, 0.6) is 5.75 Å². The van der Waals surface area contributed by atoms with E-state index in [2.05, 4.69) is 67.9 Å². The SMILES string of the molecule is N[C](=[Mn])SCCC1C[C@@H](c2ccccc2)Oc2ccc(Br)cc21. The van der Waals surface area contributed by atoms with Crippen LogP contribution >= 0.6 is 27.7 Å². The van der Waals surface area contributed by atoms with Gasteiger partial charge < -0.3 is 0 Å². The maximum absolute atomic E-state index is 6.26. The second-order valence-electron chi connectivity index (χ2n) is 5.57. The fourth-order valence-electron chi connectivity index (χ4n) is 2.98. The quantitative estimate of drug-likeness (QED) is 0.693. The first-order valence-electron chi connectivity index (χ1n) is 7.55. The Hall–Kier alpha value is -0.581. The van der Waals surface area contributed by atoms with E-state index in [0.29, 0.717) is 5.92 Å². The minimum atomic E-state index is 0.116. The average molecular weight is 431 g/mol. The van der Waals surface area contributed by atoms with Crippen LogP contribution < -0.4 is 10.5 Å². The molecule has 0 aliphatic carbocycles. The molecule has 1 aliphatic rings. The molecule has 0 spiro atoms. The summed E-state index contributed by atoms with van der Waals surface area (Å²) >= 11 is 8.55. The monoisotopic (exact) mass is 430 g/mol. The van der Waals surface area contributed by atoms with Crippen LogP contribution in [0.25, 0.3) is 0 Å². The normalized spacial score (nSPS) is 19.7. The van der Waals surface area contributed by atoms with Gasteiger partial charge in [0.05, 0.1) is 0 Å². The molecule has 1 aliphatic heterocycles. The second kappa shape index (κ2) is 8.00. The number of hydrogen-bond donors (Lipinski definition) is 1. The Balaban J connectivity index is 1.84. The number of hydrogen-bond acceptors (Lipinski definition) is 3. The molecule has 0 fully saturated rings. The standard InChI is InChI=1S/C18H18BrNOS.Mn/c19-15-6-7-17-16(11-15)14(8-9-22-12-20)10-18(21-17)13-4-2-1-3-5-13;/h1-7,11,14,18H,8-10,20H2;/t14?,18-;/m0./s1. The fraction of sp³-hybridized carbons (Fsp3) is 0.278. The van der Waals surface area contributed by atoms with Crippen molar-refractivity contribution in [2.24, 2.45) is 5.73 Å². The van der Waals surface area contributed by atoms with Crippen LogP contribution in [-0.2, 0) is 15.6 Å². The first-order chi connectivity index (χ1) is 11.1. The first kappa shape index (κ1) is 17.2. The van der Waals surface area contributed by atoms with Crippen LogP contribution in [0.4, 0.5) is 0 Å². The molecule has 5 heteroatoms. The zero-order valence-corrected chi connectivity index (χ0v) is 16.1. The van der Waals surface area contributed by atoms with Crippen molar-refractivity contribution in [3.05, 3.63) is 64.1 Å². The molecule has 3 rings (SSSR count). The molecule has 1 unspecified atom stereocenters. The van der Waals surface area contributed by atoms with E-state index in [0.717, 1.165) is 32.7 Å². The summed E-state index contributed by atoms with van der Waals surface area (Å²) in [6.07, 6.45) is 2.19. The van der Waals surface area contributed by atoms with Gasteiger partial charge in [-0.15, -0.1) is 0 Å². The van der Waals surface area contributed by atoms with Gasteiger partial charge in [-0.25, -0.2) is 0 Å². The Kier molecular flexibility index (Phi) is 6.00. The van der Waals surface area contributed by atoms with Gasteiger partial charge in [-0.1, -0.05) is 0 Å². The number of benzene rings is 2. The average Bonchev–Trinajstić information content (AvgIpc) is 2.55. The van der Waals surface area contributed by atoms with Gasteiger partial charge in [-0.2, -0.15) is 0 Å². The molecule has 2 atom stereocenters. The zero-order valence-electron chi connectivity index (χ0n) is 12.5. The van der Waals surface area contributed by atoms with Crippen molar-refractivity contribution in [1.29, 1.82) is 0 Å². The van der Waals surface area contributed by atoms with Crippen molar-refractivity contribution in [3.8, 4) is 5.75 Å². The van der Waals surface area contributed by atoms with Crippen molar-refractivity contribution in [3.63, 3.8) is 0 Å². The third-order valence-corrected chi connectivity index (χ3v) is 5.78. The van der Waals surface area contributed by atoms with Crippen LogP contribution in [0.1, 0.15) is 36.0 Å². The van der Waals surface area contributed by atoms with Crippen LogP contribution in [0.3, 0.4) is 0 Å². The predicted octanol–water partition coefficient (Wildman–Crippen LogP) is 4.77. The summed E-state index contributed by atoms with van der Waals surface area (Å²) in [6.45, 7) is 0. The van der Waals surface area contributed by atoms with E-state index >= 15 is 0 Å². The molecule has 2 N–H and O–H groups in total. The molecule has 0 aromatic heterocycles. The van der Waals surface area contributed by atoms with Gasteiger partial charge in [0.1, 0.15) is 0 Å². The molecule has 2 nitrogen and oxygen atoms in total. The Labute approximate surface area is 157 Å². The van der Waals surface area contributed by atoms with Crippen molar-refractivity contribution >= 4 is 31.6 Å². The van der Waals surface area contributed by atoms with Crippen LogP contribution in [-0.4, -0.2) is 9.63 Å². The Bertz CT molecular complexity index is 695. The number of nitrogens with two attached hydrogens (primary N) is 1. The third-order valence-electron chi connectivity index (χ3n) is 4.06. The van der Waals surface area contributed by atoms with E-state index in [1.54, 1.807) is 11.8 Å². The van der Waals surface area contributed by atoms with Gasteiger partial charge in [-0.3, -0.25) is 0 Å². The topological polar surface area (TPSA) is 35.2 Å². The van der Waals surface area contributed by atoms with Gasteiger partial charge in [0.2, 0.25) is 0 Å². The number of halogens is 1. The number of rotatable bonds is 5. The van der Waals surface area contributed by atoms with Crippen molar-refractivity contribution in [1.82, 2.24) is 0 Å². The molecule has 0 saturated carbocycles. The molecule has 0 saturated heterocycles. The molecule has 0 bridgehead atoms. The van der Waals surface area contributed by atoms with E-state index in [1.807, 2.05) is 12.1 Å². The van der Waals surface area contributed by atoms with Gasteiger partial charge in [0, 0.05) is 0 Å². The van der Waals surface area contributed by atoms with E-state index in [1.165, 1.54) is 11.1 Å². The molecule has 121 valence electrons. The summed E-state index contributed by atoms with van der Waals surface area (Å²) in [7, 11) is 0. The van der Waals surface area contributed by atoms with Crippen molar-refractivity contribution in [2.45, 2.75) is 24.9 Å².